The molecule has 0 aromatic heterocycles. The van der Waals surface area contributed by atoms with Gasteiger partial charge >= 0.3 is 0 Å². The van der Waals surface area contributed by atoms with Crippen LogP contribution >= 0.6 is 0 Å². The molecule has 3 atom stereocenters. The van der Waals surface area contributed by atoms with Crippen LogP contribution in [0.3, 0.4) is 0 Å². The lowest BCUT2D eigenvalue weighted by Crippen LogP contribution is -2.47. The van der Waals surface area contributed by atoms with Crippen molar-refractivity contribution in [2.45, 2.75) is 71.5 Å². The van der Waals surface area contributed by atoms with Crippen molar-refractivity contribution in [1.29, 1.82) is 0 Å². The van der Waals surface area contributed by atoms with Gasteiger partial charge in [0, 0.05) is 0 Å². The van der Waals surface area contributed by atoms with Crippen LogP contribution in [0.25, 0.3) is 0 Å². The zero-order chi connectivity index (χ0) is 11.2. The van der Waals surface area contributed by atoms with Crippen LogP contribution in [-0.2, 0) is 0 Å². The first-order valence-electron chi connectivity index (χ1n) is 5.93. The van der Waals surface area contributed by atoms with Crippen LogP contribution in [0.2, 0.25) is 0 Å². The van der Waals surface area contributed by atoms with Gasteiger partial charge in [0.05, 0.1) is 11.7 Å². The summed E-state index contributed by atoms with van der Waals surface area (Å²) in [5.74, 6) is 0.166. The summed E-state index contributed by atoms with van der Waals surface area (Å²) < 4.78 is 0. The zero-order valence-corrected chi connectivity index (χ0v) is 10.1. The summed E-state index contributed by atoms with van der Waals surface area (Å²) >= 11 is 0. The first-order valence-corrected chi connectivity index (χ1v) is 5.93. The Morgan fingerprint density at radius 3 is 2.14 bits per heavy atom. The molecule has 0 rings (SSSR count). The van der Waals surface area contributed by atoms with E-state index in [1.165, 1.54) is 0 Å². The number of hydrogen-bond acceptors (Lipinski definition) is 2. The molecule has 0 saturated heterocycles. The highest BCUT2D eigenvalue weighted by atomic mass is 16.3. The predicted octanol–water partition coefficient (Wildman–Crippen LogP) is 2.72. The molecule has 0 aromatic carbocycles. The second-order valence-corrected chi connectivity index (χ2v) is 4.31. The number of aliphatic hydroxyl groups excluding tert-OH is 1. The van der Waals surface area contributed by atoms with E-state index >= 15 is 0 Å². The Labute approximate surface area is 88.3 Å². The van der Waals surface area contributed by atoms with Crippen molar-refractivity contribution in [1.82, 2.24) is 0 Å². The third-order valence-electron chi connectivity index (χ3n) is 3.44. The van der Waals surface area contributed by atoms with Crippen molar-refractivity contribution in [2.75, 3.05) is 0 Å². The molecule has 0 bridgehead atoms. The van der Waals surface area contributed by atoms with Gasteiger partial charge in [-0.3, -0.25) is 0 Å². The van der Waals surface area contributed by atoms with Crippen LogP contribution in [0.15, 0.2) is 0 Å². The summed E-state index contributed by atoms with van der Waals surface area (Å²) in [6, 6.07) is 0. The Kier molecular flexibility index (Phi) is 6.38. The Hall–Kier alpha value is -0.0800. The molecule has 86 valence electrons. The Morgan fingerprint density at radius 1 is 1.21 bits per heavy atom. The molecule has 0 aliphatic heterocycles. The second-order valence-electron chi connectivity index (χ2n) is 4.31. The van der Waals surface area contributed by atoms with Gasteiger partial charge in [-0.1, -0.05) is 47.0 Å². The van der Waals surface area contributed by atoms with Crippen LogP contribution in [0.4, 0.5) is 0 Å². The molecule has 14 heavy (non-hydrogen) atoms. The number of unbranched alkanes of at least 4 members (excludes halogenated alkanes) is 1. The van der Waals surface area contributed by atoms with Gasteiger partial charge in [-0.2, -0.15) is 0 Å². The number of hydrogen-bond donors (Lipinski definition) is 2. The molecule has 0 aliphatic carbocycles. The standard InChI is InChI=1S/C12H26O2/c1-5-8-9-11(13)12(14,7-3)10(4)6-2/h10-11,13-14H,5-9H2,1-4H3. The summed E-state index contributed by atoms with van der Waals surface area (Å²) in [7, 11) is 0. The normalized spacial score (nSPS) is 20.1. The molecule has 0 aromatic rings. The monoisotopic (exact) mass is 202 g/mol. The first-order chi connectivity index (χ1) is 6.52. The van der Waals surface area contributed by atoms with Gasteiger partial charge in [0.1, 0.15) is 0 Å². The van der Waals surface area contributed by atoms with E-state index < -0.39 is 11.7 Å². The molecule has 0 heterocycles. The summed E-state index contributed by atoms with van der Waals surface area (Å²) in [6.07, 6.45) is 3.74. The lowest BCUT2D eigenvalue weighted by molar-refractivity contribution is -0.116. The zero-order valence-electron chi connectivity index (χ0n) is 10.1. The van der Waals surface area contributed by atoms with Crippen LogP contribution in [0, 0.1) is 5.92 Å². The highest BCUT2D eigenvalue weighted by molar-refractivity contribution is 4.89. The number of aliphatic hydroxyl groups is 2. The second kappa shape index (κ2) is 6.41. The van der Waals surface area contributed by atoms with Crippen LogP contribution in [0.1, 0.15) is 59.8 Å². The van der Waals surface area contributed by atoms with E-state index in [2.05, 4.69) is 13.8 Å². The molecule has 2 nitrogen and oxygen atoms in total. The van der Waals surface area contributed by atoms with Gasteiger partial charge in [-0.15, -0.1) is 0 Å². The lowest BCUT2D eigenvalue weighted by Gasteiger charge is -2.37. The minimum absolute atomic E-state index is 0.166. The highest BCUT2D eigenvalue weighted by Crippen LogP contribution is 2.30. The van der Waals surface area contributed by atoms with Crippen LogP contribution in [-0.4, -0.2) is 21.9 Å². The molecular weight excluding hydrogens is 176 g/mol. The van der Waals surface area contributed by atoms with Crippen molar-refractivity contribution in [3.05, 3.63) is 0 Å². The third-order valence-corrected chi connectivity index (χ3v) is 3.44. The Morgan fingerprint density at radius 2 is 1.79 bits per heavy atom. The third kappa shape index (κ3) is 3.25. The van der Waals surface area contributed by atoms with Gasteiger partial charge in [0.25, 0.3) is 0 Å². The summed E-state index contributed by atoms with van der Waals surface area (Å²) in [5, 5.41) is 20.3. The topological polar surface area (TPSA) is 40.5 Å². The summed E-state index contributed by atoms with van der Waals surface area (Å²) in [6.45, 7) is 8.11. The smallest absolute Gasteiger partial charge is 0.0928 e. The molecule has 2 heteroatoms. The van der Waals surface area contributed by atoms with Crippen LogP contribution in [0.5, 0.6) is 0 Å². The fourth-order valence-electron chi connectivity index (χ4n) is 1.91. The van der Waals surface area contributed by atoms with Crippen LogP contribution < -0.4 is 0 Å². The summed E-state index contributed by atoms with van der Waals surface area (Å²) in [5.41, 5.74) is -0.885. The Bertz CT molecular complexity index is 147. The molecule has 0 fully saturated rings. The summed E-state index contributed by atoms with van der Waals surface area (Å²) in [4.78, 5) is 0. The van der Waals surface area contributed by atoms with Gasteiger partial charge in [-0.25, -0.2) is 0 Å². The SMILES string of the molecule is CCCCC(O)C(O)(CC)C(C)CC. The number of rotatable bonds is 7. The van der Waals surface area contributed by atoms with Crippen molar-refractivity contribution < 1.29 is 10.2 Å². The predicted molar refractivity (Wildman–Crippen MR) is 60.2 cm³/mol. The largest absolute Gasteiger partial charge is 0.390 e. The van der Waals surface area contributed by atoms with Crippen molar-refractivity contribution >= 4 is 0 Å². The Balaban J connectivity index is 4.34. The highest BCUT2D eigenvalue weighted by Gasteiger charge is 2.37. The molecule has 0 saturated carbocycles. The molecule has 0 spiro atoms. The average Bonchev–Trinajstić information content (AvgIpc) is 2.23. The molecule has 0 aliphatic rings. The quantitative estimate of drug-likeness (QED) is 0.666. The molecule has 2 N–H and O–H groups in total. The van der Waals surface area contributed by atoms with E-state index in [4.69, 9.17) is 0 Å². The van der Waals surface area contributed by atoms with E-state index in [9.17, 15) is 10.2 Å². The lowest BCUT2D eigenvalue weighted by atomic mass is 9.78. The van der Waals surface area contributed by atoms with Crippen molar-refractivity contribution in [2.24, 2.45) is 5.92 Å². The van der Waals surface area contributed by atoms with Gasteiger partial charge in [-0.05, 0) is 18.8 Å². The minimum atomic E-state index is -0.885. The van der Waals surface area contributed by atoms with E-state index in [1.807, 2.05) is 13.8 Å². The van der Waals surface area contributed by atoms with E-state index in [0.29, 0.717) is 12.8 Å². The van der Waals surface area contributed by atoms with E-state index in [-0.39, 0.29) is 5.92 Å². The molecular formula is C12H26O2. The molecule has 3 unspecified atom stereocenters. The average molecular weight is 202 g/mol. The van der Waals surface area contributed by atoms with E-state index in [1.54, 1.807) is 0 Å². The van der Waals surface area contributed by atoms with Crippen molar-refractivity contribution in [3.63, 3.8) is 0 Å². The van der Waals surface area contributed by atoms with Gasteiger partial charge < -0.3 is 10.2 Å². The minimum Gasteiger partial charge on any atom is -0.390 e. The maximum absolute atomic E-state index is 10.3. The van der Waals surface area contributed by atoms with Crippen molar-refractivity contribution in [3.8, 4) is 0 Å². The fourth-order valence-corrected chi connectivity index (χ4v) is 1.91. The fraction of sp³-hybridized carbons (Fsp3) is 1.00. The maximum Gasteiger partial charge on any atom is 0.0928 e. The van der Waals surface area contributed by atoms with E-state index in [0.717, 1.165) is 19.3 Å². The molecule has 0 amide bonds. The molecule has 0 radical (unpaired) electrons. The van der Waals surface area contributed by atoms with Gasteiger partial charge in [0.2, 0.25) is 0 Å². The first kappa shape index (κ1) is 13.9. The van der Waals surface area contributed by atoms with Gasteiger partial charge in [0.15, 0.2) is 0 Å². The maximum atomic E-state index is 10.3.